The lowest BCUT2D eigenvalue weighted by Crippen LogP contribution is -2.34. The summed E-state index contributed by atoms with van der Waals surface area (Å²) in [7, 11) is 0. The first-order valence-corrected chi connectivity index (χ1v) is 8.42. The van der Waals surface area contributed by atoms with Gasteiger partial charge in [-0.05, 0) is 25.0 Å². The average molecular weight is 326 g/mol. The van der Waals surface area contributed by atoms with E-state index < -0.39 is 0 Å². The van der Waals surface area contributed by atoms with E-state index in [4.69, 9.17) is 21.9 Å². The standard InChI is InChI=1S/C15H20ClN3OS/c1-3-15(4-2,10-17)14-18-13(19-20-14)9-21-12-8-6-5-7-11(12)16/h5-8H,3-4,9-10,17H2,1-2H3. The number of nitrogens with zero attached hydrogens (tertiary/aromatic N) is 2. The zero-order valence-corrected chi connectivity index (χ0v) is 13.9. The quantitative estimate of drug-likeness (QED) is 0.778. The number of aromatic nitrogens is 2. The van der Waals surface area contributed by atoms with Crippen LogP contribution in [-0.2, 0) is 11.2 Å². The van der Waals surface area contributed by atoms with Gasteiger partial charge in [-0.3, -0.25) is 0 Å². The Hall–Kier alpha value is -1.04. The van der Waals surface area contributed by atoms with Crippen LogP contribution >= 0.6 is 23.4 Å². The minimum Gasteiger partial charge on any atom is -0.339 e. The first-order chi connectivity index (χ1) is 10.1. The smallest absolute Gasteiger partial charge is 0.234 e. The van der Waals surface area contributed by atoms with Crippen LogP contribution in [0.2, 0.25) is 5.02 Å². The van der Waals surface area contributed by atoms with Crippen LogP contribution in [0.25, 0.3) is 0 Å². The third-order valence-electron chi connectivity index (χ3n) is 3.86. The Labute approximate surface area is 134 Å². The van der Waals surface area contributed by atoms with E-state index in [-0.39, 0.29) is 5.41 Å². The van der Waals surface area contributed by atoms with Gasteiger partial charge in [-0.2, -0.15) is 4.98 Å². The number of thioether (sulfide) groups is 1. The molecule has 1 aromatic heterocycles. The van der Waals surface area contributed by atoms with Crippen molar-refractivity contribution in [3.8, 4) is 0 Å². The van der Waals surface area contributed by atoms with Gasteiger partial charge in [0.25, 0.3) is 0 Å². The molecule has 0 aliphatic carbocycles. The van der Waals surface area contributed by atoms with E-state index in [1.807, 2.05) is 24.3 Å². The summed E-state index contributed by atoms with van der Waals surface area (Å²) in [5.41, 5.74) is 5.70. The van der Waals surface area contributed by atoms with Crippen LogP contribution in [0, 0.1) is 0 Å². The molecule has 2 aromatic rings. The van der Waals surface area contributed by atoms with Crippen molar-refractivity contribution in [2.45, 2.75) is 42.8 Å². The Morgan fingerprint density at radius 2 is 2.00 bits per heavy atom. The summed E-state index contributed by atoms with van der Waals surface area (Å²) in [5.74, 6) is 1.95. The van der Waals surface area contributed by atoms with Gasteiger partial charge in [0.15, 0.2) is 5.82 Å². The zero-order valence-electron chi connectivity index (χ0n) is 12.3. The Morgan fingerprint density at radius 3 is 2.62 bits per heavy atom. The summed E-state index contributed by atoms with van der Waals surface area (Å²) in [5, 5.41) is 4.81. The van der Waals surface area contributed by atoms with Gasteiger partial charge < -0.3 is 10.3 Å². The number of hydrogen-bond acceptors (Lipinski definition) is 5. The van der Waals surface area contributed by atoms with E-state index in [0.29, 0.717) is 24.0 Å². The topological polar surface area (TPSA) is 64.9 Å². The van der Waals surface area contributed by atoms with Crippen molar-refractivity contribution in [2.75, 3.05) is 6.54 Å². The summed E-state index contributed by atoms with van der Waals surface area (Å²) in [6.07, 6.45) is 1.78. The fourth-order valence-corrected chi connectivity index (χ4v) is 3.24. The van der Waals surface area contributed by atoms with Gasteiger partial charge in [-0.1, -0.05) is 42.7 Å². The normalized spacial score (nSPS) is 11.8. The maximum absolute atomic E-state index is 6.13. The monoisotopic (exact) mass is 325 g/mol. The predicted octanol–water partition coefficient (Wildman–Crippen LogP) is 4.03. The Balaban J connectivity index is 2.08. The summed E-state index contributed by atoms with van der Waals surface area (Å²) in [4.78, 5) is 5.53. The Kier molecular flexibility index (Phi) is 5.67. The largest absolute Gasteiger partial charge is 0.339 e. The van der Waals surface area contributed by atoms with Gasteiger partial charge in [0.05, 0.1) is 16.2 Å². The molecular weight excluding hydrogens is 306 g/mol. The van der Waals surface area contributed by atoms with Gasteiger partial charge in [0, 0.05) is 11.4 Å². The molecule has 0 spiro atoms. The Bertz CT molecular complexity index is 576. The van der Waals surface area contributed by atoms with E-state index in [9.17, 15) is 0 Å². The van der Waals surface area contributed by atoms with E-state index in [1.54, 1.807) is 11.8 Å². The van der Waals surface area contributed by atoms with Crippen LogP contribution in [-0.4, -0.2) is 16.7 Å². The van der Waals surface area contributed by atoms with Crippen LogP contribution in [0.3, 0.4) is 0 Å². The summed E-state index contributed by atoms with van der Waals surface area (Å²) >= 11 is 7.73. The summed E-state index contributed by atoms with van der Waals surface area (Å²) in [6, 6.07) is 7.73. The van der Waals surface area contributed by atoms with Crippen LogP contribution in [0.5, 0.6) is 0 Å². The average Bonchev–Trinajstić information content (AvgIpc) is 2.98. The molecule has 1 heterocycles. The lowest BCUT2D eigenvalue weighted by molar-refractivity contribution is 0.266. The van der Waals surface area contributed by atoms with Crippen molar-refractivity contribution in [3.63, 3.8) is 0 Å². The van der Waals surface area contributed by atoms with Gasteiger partial charge >= 0.3 is 0 Å². The molecule has 0 saturated heterocycles. The highest BCUT2D eigenvalue weighted by atomic mass is 35.5. The molecule has 0 aliphatic heterocycles. The predicted molar refractivity (Wildman–Crippen MR) is 86.6 cm³/mol. The zero-order chi connectivity index (χ0) is 15.3. The molecule has 0 radical (unpaired) electrons. The highest BCUT2D eigenvalue weighted by molar-refractivity contribution is 7.98. The molecule has 0 fully saturated rings. The van der Waals surface area contributed by atoms with Crippen molar-refractivity contribution < 1.29 is 4.52 Å². The molecule has 0 unspecified atom stereocenters. The molecule has 4 nitrogen and oxygen atoms in total. The van der Waals surface area contributed by atoms with Crippen LogP contribution < -0.4 is 5.73 Å². The van der Waals surface area contributed by atoms with Crippen molar-refractivity contribution in [3.05, 3.63) is 41.0 Å². The number of nitrogens with two attached hydrogens (primary N) is 1. The lowest BCUT2D eigenvalue weighted by atomic mass is 9.82. The highest BCUT2D eigenvalue weighted by Gasteiger charge is 2.33. The van der Waals surface area contributed by atoms with Gasteiger partial charge in [0.1, 0.15) is 0 Å². The van der Waals surface area contributed by atoms with Gasteiger partial charge in [-0.25, -0.2) is 0 Å². The van der Waals surface area contributed by atoms with Gasteiger partial charge in [-0.15, -0.1) is 11.8 Å². The van der Waals surface area contributed by atoms with Crippen molar-refractivity contribution in [2.24, 2.45) is 5.73 Å². The second kappa shape index (κ2) is 7.29. The number of halogens is 1. The molecule has 114 valence electrons. The molecule has 0 amide bonds. The molecule has 0 saturated carbocycles. The third kappa shape index (κ3) is 3.59. The number of rotatable bonds is 7. The van der Waals surface area contributed by atoms with Crippen molar-refractivity contribution >= 4 is 23.4 Å². The third-order valence-corrected chi connectivity index (χ3v) is 5.37. The minimum atomic E-state index is -0.208. The summed E-state index contributed by atoms with van der Waals surface area (Å²) < 4.78 is 5.43. The van der Waals surface area contributed by atoms with Crippen molar-refractivity contribution in [1.29, 1.82) is 0 Å². The molecule has 2 N–H and O–H groups in total. The van der Waals surface area contributed by atoms with Crippen LogP contribution in [0.15, 0.2) is 33.7 Å². The summed E-state index contributed by atoms with van der Waals surface area (Å²) in [6.45, 7) is 4.71. The van der Waals surface area contributed by atoms with E-state index >= 15 is 0 Å². The first-order valence-electron chi connectivity index (χ1n) is 7.05. The SMILES string of the molecule is CCC(CC)(CN)c1nc(CSc2ccccc2Cl)no1. The Morgan fingerprint density at radius 1 is 1.29 bits per heavy atom. The molecule has 1 aromatic carbocycles. The molecular formula is C15H20ClN3OS. The fraction of sp³-hybridized carbons (Fsp3) is 0.467. The fourth-order valence-electron chi connectivity index (χ4n) is 2.16. The van der Waals surface area contributed by atoms with E-state index in [0.717, 1.165) is 22.8 Å². The lowest BCUT2D eigenvalue weighted by Gasteiger charge is -2.24. The van der Waals surface area contributed by atoms with E-state index in [2.05, 4.69) is 24.0 Å². The maximum atomic E-state index is 6.13. The first kappa shape index (κ1) is 16.3. The number of benzene rings is 1. The molecule has 0 atom stereocenters. The van der Waals surface area contributed by atoms with E-state index in [1.165, 1.54) is 0 Å². The molecule has 2 rings (SSSR count). The van der Waals surface area contributed by atoms with Gasteiger partial charge in [0.2, 0.25) is 5.89 Å². The highest BCUT2D eigenvalue weighted by Crippen LogP contribution is 2.31. The minimum absolute atomic E-state index is 0.208. The maximum Gasteiger partial charge on any atom is 0.234 e. The second-order valence-corrected chi connectivity index (χ2v) is 6.35. The molecule has 21 heavy (non-hydrogen) atoms. The molecule has 6 heteroatoms. The van der Waals surface area contributed by atoms with Crippen LogP contribution in [0.1, 0.15) is 38.4 Å². The van der Waals surface area contributed by atoms with Crippen LogP contribution in [0.4, 0.5) is 0 Å². The van der Waals surface area contributed by atoms with Crippen molar-refractivity contribution in [1.82, 2.24) is 10.1 Å². The molecule has 0 aliphatic rings. The number of hydrogen-bond donors (Lipinski definition) is 1. The molecule has 0 bridgehead atoms. The second-order valence-electron chi connectivity index (χ2n) is 4.93.